The highest BCUT2D eigenvalue weighted by molar-refractivity contribution is 5.90. The zero-order chi connectivity index (χ0) is 23.9. The molecule has 7 nitrogen and oxygen atoms in total. The number of hydrogen-bond donors (Lipinski definition) is 3. The van der Waals surface area contributed by atoms with Crippen LogP contribution in [0.3, 0.4) is 0 Å². The summed E-state index contributed by atoms with van der Waals surface area (Å²) in [5.74, 6) is -1.51. The third-order valence-electron chi connectivity index (χ3n) is 7.69. The fourth-order valence-electron chi connectivity index (χ4n) is 5.52. The number of aliphatic carboxylic acids is 1. The first kappa shape index (κ1) is 22.4. The number of alkyl carbamates (subject to hydrolysis) is 1. The third kappa shape index (κ3) is 4.15. The van der Waals surface area contributed by atoms with Crippen molar-refractivity contribution in [2.24, 2.45) is 11.8 Å². The van der Waals surface area contributed by atoms with Crippen molar-refractivity contribution in [1.82, 2.24) is 10.6 Å². The van der Waals surface area contributed by atoms with Crippen LogP contribution >= 0.6 is 0 Å². The lowest BCUT2D eigenvalue weighted by Gasteiger charge is -2.31. The van der Waals surface area contributed by atoms with E-state index >= 15 is 0 Å². The van der Waals surface area contributed by atoms with Crippen LogP contribution < -0.4 is 10.6 Å². The molecule has 2 fully saturated rings. The number of rotatable bonds is 7. The molecule has 2 amide bonds. The number of fused-ring (bicyclic) bond motifs is 3. The second-order valence-electron chi connectivity index (χ2n) is 9.95. The maximum absolute atomic E-state index is 13.2. The fraction of sp³-hybridized carbons (Fsp3) is 0.444. The highest BCUT2D eigenvalue weighted by atomic mass is 16.5. The maximum Gasteiger partial charge on any atom is 0.408 e. The molecule has 3 aliphatic rings. The van der Waals surface area contributed by atoms with Crippen LogP contribution in [0.15, 0.2) is 48.5 Å². The first-order chi connectivity index (χ1) is 16.4. The predicted molar refractivity (Wildman–Crippen MR) is 126 cm³/mol. The Morgan fingerprint density at radius 2 is 1.59 bits per heavy atom. The molecule has 7 heteroatoms. The lowest BCUT2D eigenvalue weighted by Crippen LogP contribution is -2.60. The Kier molecular flexibility index (Phi) is 5.80. The van der Waals surface area contributed by atoms with E-state index in [-0.39, 0.29) is 30.4 Å². The van der Waals surface area contributed by atoms with Crippen LogP contribution in [-0.4, -0.2) is 41.3 Å². The molecule has 178 valence electrons. The van der Waals surface area contributed by atoms with Crippen LogP contribution in [0.1, 0.15) is 56.1 Å². The van der Waals surface area contributed by atoms with E-state index in [0.717, 1.165) is 35.1 Å². The van der Waals surface area contributed by atoms with Crippen LogP contribution in [0.5, 0.6) is 0 Å². The van der Waals surface area contributed by atoms with Crippen LogP contribution in [-0.2, 0) is 14.3 Å². The first-order valence-electron chi connectivity index (χ1n) is 12.0. The molecule has 0 saturated heterocycles. The quantitative estimate of drug-likeness (QED) is 0.576. The standard InChI is InChI=1S/C27H30N2O5/c1-27(17-11-12-17,25(32)28-18-13-10-16(14-18)24(30)31)29-26(33)34-15-23-21-8-4-2-6-19(21)20-7-3-5-9-22(20)23/h2-9,16-18,23H,10-15H2,1H3,(H,28,32)(H,29,33)(H,30,31)/t16-,18+,27?/m0/s1. The van der Waals surface area contributed by atoms with Crippen molar-refractivity contribution in [2.75, 3.05) is 6.61 Å². The van der Waals surface area contributed by atoms with E-state index in [0.29, 0.717) is 19.3 Å². The van der Waals surface area contributed by atoms with E-state index < -0.39 is 23.5 Å². The topological polar surface area (TPSA) is 105 Å². The van der Waals surface area contributed by atoms with E-state index in [4.69, 9.17) is 4.74 Å². The lowest BCUT2D eigenvalue weighted by molar-refractivity contribution is -0.141. The SMILES string of the molecule is CC(NC(=O)OCC1c2ccccc2-c2ccccc21)(C(=O)N[C@@H]1CC[C@H](C(=O)O)C1)C1CC1. The second kappa shape index (κ2) is 8.78. The van der Waals surface area contributed by atoms with Gasteiger partial charge >= 0.3 is 12.1 Å². The summed E-state index contributed by atoms with van der Waals surface area (Å²) in [6.45, 7) is 1.93. The van der Waals surface area contributed by atoms with Crippen molar-refractivity contribution in [1.29, 1.82) is 0 Å². The van der Waals surface area contributed by atoms with Gasteiger partial charge < -0.3 is 20.5 Å². The summed E-state index contributed by atoms with van der Waals surface area (Å²) in [7, 11) is 0. The molecule has 34 heavy (non-hydrogen) atoms. The normalized spacial score (nSPS) is 22.9. The molecule has 3 N–H and O–H groups in total. The zero-order valence-electron chi connectivity index (χ0n) is 19.3. The Balaban J connectivity index is 1.23. The van der Waals surface area contributed by atoms with Gasteiger partial charge in [-0.2, -0.15) is 0 Å². The molecular weight excluding hydrogens is 432 g/mol. The smallest absolute Gasteiger partial charge is 0.408 e. The first-order valence-corrected chi connectivity index (χ1v) is 12.0. The van der Waals surface area contributed by atoms with Crippen molar-refractivity contribution in [3.8, 4) is 11.1 Å². The molecule has 3 atom stereocenters. The molecule has 0 radical (unpaired) electrons. The van der Waals surface area contributed by atoms with Gasteiger partial charge in [-0.05, 0) is 67.2 Å². The van der Waals surface area contributed by atoms with Crippen molar-refractivity contribution < 1.29 is 24.2 Å². The van der Waals surface area contributed by atoms with E-state index in [1.54, 1.807) is 6.92 Å². The molecule has 0 aliphatic heterocycles. The molecule has 1 unspecified atom stereocenters. The van der Waals surface area contributed by atoms with E-state index in [1.165, 1.54) is 0 Å². The Hall–Kier alpha value is -3.35. The van der Waals surface area contributed by atoms with E-state index in [2.05, 4.69) is 34.9 Å². The van der Waals surface area contributed by atoms with Crippen LogP contribution in [0.2, 0.25) is 0 Å². The van der Waals surface area contributed by atoms with Gasteiger partial charge in [-0.3, -0.25) is 9.59 Å². The van der Waals surface area contributed by atoms with Gasteiger partial charge in [-0.15, -0.1) is 0 Å². The lowest BCUT2D eigenvalue weighted by atomic mass is 9.94. The summed E-state index contributed by atoms with van der Waals surface area (Å²) >= 11 is 0. The third-order valence-corrected chi connectivity index (χ3v) is 7.69. The number of carbonyl (C=O) groups is 3. The minimum Gasteiger partial charge on any atom is -0.481 e. The molecule has 0 aromatic heterocycles. The summed E-state index contributed by atoms with van der Waals surface area (Å²) in [5, 5.41) is 15.1. The van der Waals surface area contributed by atoms with Gasteiger partial charge in [0.25, 0.3) is 0 Å². The van der Waals surface area contributed by atoms with Crippen molar-refractivity contribution in [3.05, 3.63) is 59.7 Å². The minimum atomic E-state index is -1.08. The number of carbonyl (C=O) groups excluding carboxylic acids is 2. The summed E-state index contributed by atoms with van der Waals surface area (Å²) in [5.41, 5.74) is 3.50. The van der Waals surface area contributed by atoms with Gasteiger partial charge in [0, 0.05) is 12.0 Å². The number of carboxylic acids is 1. The number of hydrogen-bond acceptors (Lipinski definition) is 4. The molecule has 0 heterocycles. The molecule has 0 spiro atoms. The van der Waals surface area contributed by atoms with Crippen LogP contribution in [0, 0.1) is 11.8 Å². The van der Waals surface area contributed by atoms with Gasteiger partial charge in [0.2, 0.25) is 5.91 Å². The summed E-state index contributed by atoms with van der Waals surface area (Å²) in [4.78, 5) is 37.3. The highest BCUT2D eigenvalue weighted by Gasteiger charge is 2.49. The van der Waals surface area contributed by atoms with Crippen LogP contribution in [0.4, 0.5) is 4.79 Å². The van der Waals surface area contributed by atoms with Gasteiger partial charge in [0.15, 0.2) is 0 Å². The summed E-state index contributed by atoms with van der Waals surface area (Å²) < 4.78 is 5.67. The predicted octanol–water partition coefficient (Wildman–Crippen LogP) is 4.06. The van der Waals surface area contributed by atoms with E-state index in [1.807, 2.05) is 24.3 Å². The summed E-state index contributed by atoms with van der Waals surface area (Å²) in [6, 6.07) is 16.1. The summed E-state index contributed by atoms with van der Waals surface area (Å²) in [6.07, 6.45) is 2.72. The second-order valence-corrected chi connectivity index (χ2v) is 9.95. The van der Waals surface area contributed by atoms with Crippen molar-refractivity contribution in [2.45, 2.75) is 56.5 Å². The Morgan fingerprint density at radius 1 is 0.971 bits per heavy atom. The maximum atomic E-state index is 13.2. The monoisotopic (exact) mass is 462 g/mol. The molecule has 0 bridgehead atoms. The molecule has 5 rings (SSSR count). The highest BCUT2D eigenvalue weighted by Crippen LogP contribution is 2.45. The van der Waals surface area contributed by atoms with Gasteiger partial charge in [0.05, 0.1) is 5.92 Å². The number of nitrogens with one attached hydrogen (secondary N) is 2. The van der Waals surface area contributed by atoms with Crippen molar-refractivity contribution in [3.63, 3.8) is 0 Å². The van der Waals surface area contributed by atoms with Crippen LogP contribution in [0.25, 0.3) is 11.1 Å². The molecule has 2 saturated carbocycles. The minimum absolute atomic E-state index is 0.0460. The zero-order valence-corrected chi connectivity index (χ0v) is 19.3. The average Bonchev–Trinajstić information content (AvgIpc) is 3.51. The molecular formula is C27H30N2O5. The fourth-order valence-corrected chi connectivity index (χ4v) is 5.52. The number of ether oxygens (including phenoxy) is 1. The largest absolute Gasteiger partial charge is 0.481 e. The van der Waals surface area contributed by atoms with E-state index in [9.17, 15) is 19.5 Å². The van der Waals surface area contributed by atoms with Gasteiger partial charge in [0.1, 0.15) is 12.1 Å². The molecule has 3 aliphatic carbocycles. The van der Waals surface area contributed by atoms with Gasteiger partial charge in [-0.25, -0.2) is 4.79 Å². The number of carboxylic acid groups (broad SMARTS) is 1. The number of amides is 2. The Labute approximate surface area is 198 Å². The molecule has 2 aromatic carbocycles. The van der Waals surface area contributed by atoms with Gasteiger partial charge in [-0.1, -0.05) is 48.5 Å². The van der Waals surface area contributed by atoms with Crippen molar-refractivity contribution >= 4 is 18.0 Å². The Morgan fingerprint density at radius 3 is 2.15 bits per heavy atom. The Bertz CT molecular complexity index is 1080. The number of benzene rings is 2. The molecule has 2 aromatic rings. The average molecular weight is 463 g/mol.